The van der Waals surface area contributed by atoms with E-state index in [-0.39, 0.29) is 11.7 Å². The summed E-state index contributed by atoms with van der Waals surface area (Å²) in [5.74, 6) is 0.703. The number of benzene rings is 3. The first-order valence-electron chi connectivity index (χ1n) is 10.4. The maximum absolute atomic E-state index is 13.7. The van der Waals surface area contributed by atoms with Crippen molar-refractivity contribution in [2.24, 2.45) is 4.99 Å². The van der Waals surface area contributed by atoms with Crippen LogP contribution in [0.3, 0.4) is 0 Å². The van der Waals surface area contributed by atoms with Crippen molar-refractivity contribution in [3.63, 3.8) is 0 Å². The highest BCUT2D eigenvalue weighted by Gasteiger charge is 2.40. The van der Waals surface area contributed by atoms with Gasteiger partial charge in [-0.1, -0.05) is 29.4 Å². The Morgan fingerprint density at radius 2 is 1.79 bits per heavy atom. The molecule has 2 heterocycles. The highest BCUT2D eigenvalue weighted by molar-refractivity contribution is 8.20. The lowest BCUT2D eigenvalue weighted by atomic mass is 10.2. The van der Waals surface area contributed by atoms with E-state index < -0.39 is 0 Å². The average Bonchev–Trinajstić information content (AvgIpc) is 3.32. The summed E-state index contributed by atoms with van der Waals surface area (Å²) in [6.07, 6.45) is 0. The van der Waals surface area contributed by atoms with Gasteiger partial charge in [0.2, 0.25) is 0 Å². The summed E-state index contributed by atoms with van der Waals surface area (Å²) >= 11 is 9.17. The van der Waals surface area contributed by atoms with Crippen LogP contribution in [0.1, 0.15) is 5.56 Å². The Bertz CT molecular complexity index is 1370. The quantitative estimate of drug-likeness (QED) is 0.404. The fourth-order valence-corrected chi connectivity index (χ4v) is 6.12. The predicted molar refractivity (Wildman–Crippen MR) is 141 cm³/mol. The van der Waals surface area contributed by atoms with Crippen LogP contribution in [0.15, 0.2) is 80.5 Å². The minimum absolute atomic E-state index is 0.126. The van der Waals surface area contributed by atoms with Crippen LogP contribution in [-0.2, 0) is 4.79 Å². The molecule has 1 amide bonds. The van der Waals surface area contributed by atoms with Crippen LogP contribution >= 0.6 is 35.1 Å². The van der Waals surface area contributed by atoms with E-state index in [9.17, 15) is 9.90 Å². The molecular weight excluding hydrogens is 490 g/mol. The lowest BCUT2D eigenvalue weighted by molar-refractivity contribution is -0.113. The number of amides is 1. The Hall–Kier alpha value is -3.07. The van der Waals surface area contributed by atoms with E-state index in [0.29, 0.717) is 26.5 Å². The first-order chi connectivity index (χ1) is 16.4. The Balaban J connectivity index is 1.60. The Morgan fingerprint density at radius 1 is 1.03 bits per heavy atom. The van der Waals surface area contributed by atoms with E-state index in [1.54, 1.807) is 54.1 Å². The molecule has 1 saturated heterocycles. The summed E-state index contributed by atoms with van der Waals surface area (Å²) in [6, 6.07) is 17.9. The highest BCUT2D eigenvalue weighted by Crippen LogP contribution is 2.51. The summed E-state index contributed by atoms with van der Waals surface area (Å²) < 4.78 is 5.37. The molecule has 1 N–H and O–H groups in total. The number of aryl methyl sites for hydroxylation is 1. The zero-order chi connectivity index (χ0) is 24.0. The molecule has 1 fully saturated rings. The highest BCUT2D eigenvalue weighted by atomic mass is 35.5. The summed E-state index contributed by atoms with van der Waals surface area (Å²) in [5.41, 5.74) is 3.21. The molecule has 0 aliphatic carbocycles. The molecule has 9 heteroatoms. The number of halogens is 1. The molecule has 2 aliphatic heterocycles. The van der Waals surface area contributed by atoms with E-state index in [1.165, 1.54) is 11.8 Å². The van der Waals surface area contributed by atoms with Gasteiger partial charge >= 0.3 is 0 Å². The molecule has 0 unspecified atom stereocenters. The number of carbonyl (C=O) groups is 1. The topological polar surface area (TPSA) is 65.4 Å². The maximum atomic E-state index is 13.7. The van der Waals surface area contributed by atoms with Gasteiger partial charge in [-0.25, -0.2) is 4.99 Å². The van der Waals surface area contributed by atoms with Gasteiger partial charge < -0.3 is 14.7 Å². The molecule has 3 aromatic carbocycles. The molecule has 3 aromatic rings. The van der Waals surface area contributed by atoms with Gasteiger partial charge in [-0.3, -0.25) is 9.69 Å². The van der Waals surface area contributed by atoms with Crippen molar-refractivity contribution in [1.29, 1.82) is 0 Å². The van der Waals surface area contributed by atoms with Crippen LogP contribution in [0.5, 0.6) is 11.5 Å². The minimum atomic E-state index is -0.179. The molecule has 0 bridgehead atoms. The molecule has 34 heavy (non-hydrogen) atoms. The number of carbonyl (C=O) groups excluding carboxylic acids is 1. The monoisotopic (exact) mass is 509 g/mol. The largest absolute Gasteiger partial charge is 0.508 e. The fourth-order valence-electron chi connectivity index (χ4n) is 3.62. The summed E-state index contributed by atoms with van der Waals surface area (Å²) in [7, 11) is 3.57. The molecule has 6 nitrogen and oxygen atoms in total. The number of nitrogens with zero attached hydrogens (tertiary/aromatic N) is 3. The number of methoxy groups -OCH3 is 1. The van der Waals surface area contributed by atoms with Crippen LogP contribution in [0.4, 0.5) is 17.1 Å². The predicted octanol–water partition coefficient (Wildman–Crippen LogP) is 6.54. The molecule has 0 aromatic heterocycles. The third-order valence-corrected chi connectivity index (χ3v) is 8.30. The number of thioether (sulfide) groups is 2. The smallest absolute Gasteiger partial charge is 0.274 e. The minimum Gasteiger partial charge on any atom is -0.508 e. The van der Waals surface area contributed by atoms with Gasteiger partial charge in [0.15, 0.2) is 5.17 Å². The second-order valence-corrected chi connectivity index (χ2v) is 10.1. The number of fused-ring (bicyclic) bond motifs is 1. The number of ether oxygens (including phenoxy) is 1. The average molecular weight is 510 g/mol. The first kappa shape index (κ1) is 22.7. The van der Waals surface area contributed by atoms with Gasteiger partial charge in [0.05, 0.1) is 29.2 Å². The van der Waals surface area contributed by atoms with E-state index in [2.05, 4.69) is 0 Å². The van der Waals surface area contributed by atoms with Crippen molar-refractivity contribution < 1.29 is 14.6 Å². The SMILES string of the molecule is COc1ccc2c(c1)N(C)C(=C1SC(=Nc3ccc(C)c(Cl)c3)N(c3ccc(O)cc3)C1=O)S2. The van der Waals surface area contributed by atoms with Crippen LogP contribution in [0.25, 0.3) is 0 Å². The third kappa shape index (κ3) is 4.02. The van der Waals surface area contributed by atoms with Crippen molar-refractivity contribution in [2.75, 3.05) is 24.0 Å². The van der Waals surface area contributed by atoms with E-state index in [0.717, 1.165) is 26.9 Å². The second-order valence-electron chi connectivity index (χ2n) is 7.72. The van der Waals surface area contributed by atoms with Crippen LogP contribution < -0.4 is 14.5 Å². The van der Waals surface area contributed by atoms with Crippen LogP contribution in [-0.4, -0.2) is 30.3 Å². The first-order valence-corrected chi connectivity index (χ1v) is 12.4. The van der Waals surface area contributed by atoms with Crippen LogP contribution in [0.2, 0.25) is 5.02 Å². The van der Waals surface area contributed by atoms with Gasteiger partial charge in [0.25, 0.3) is 5.91 Å². The fraction of sp³-hybridized carbons (Fsp3) is 0.120. The summed E-state index contributed by atoms with van der Waals surface area (Å²) in [4.78, 5) is 23.7. The van der Waals surface area contributed by atoms with Gasteiger partial charge in [-0.15, -0.1) is 0 Å². The van der Waals surface area contributed by atoms with Crippen molar-refractivity contribution >= 4 is 63.3 Å². The lowest BCUT2D eigenvalue weighted by Crippen LogP contribution is -2.29. The molecule has 0 spiro atoms. The van der Waals surface area contributed by atoms with Crippen molar-refractivity contribution in [3.05, 3.63) is 81.2 Å². The van der Waals surface area contributed by atoms with E-state index in [4.69, 9.17) is 21.3 Å². The molecule has 0 radical (unpaired) electrons. The number of amidine groups is 1. The Labute approximate surface area is 210 Å². The number of anilines is 2. The molecule has 2 aliphatic rings. The van der Waals surface area contributed by atoms with Crippen molar-refractivity contribution in [1.82, 2.24) is 0 Å². The number of aliphatic imine (C=N–C) groups is 1. The molecule has 172 valence electrons. The summed E-state index contributed by atoms with van der Waals surface area (Å²) in [6.45, 7) is 1.93. The number of aromatic hydroxyl groups is 1. The Kier molecular flexibility index (Phi) is 5.97. The molecule has 0 saturated carbocycles. The number of rotatable bonds is 3. The normalized spacial score (nSPS) is 18.7. The third-order valence-electron chi connectivity index (χ3n) is 5.50. The molecule has 5 rings (SSSR count). The van der Waals surface area contributed by atoms with Gasteiger partial charge in [-0.2, -0.15) is 0 Å². The lowest BCUT2D eigenvalue weighted by Gasteiger charge is -2.17. The zero-order valence-corrected chi connectivity index (χ0v) is 21.0. The standard InChI is InChI=1S/C25H20ClN3O3S2/c1-14-4-5-15(12-19(14)26)27-25-29(16-6-8-17(30)9-7-16)23(31)22(34-25)24-28(2)20-13-18(32-3)10-11-21(20)33-24/h4-13,30H,1-3H3. The van der Waals surface area contributed by atoms with Crippen molar-refractivity contribution in [3.8, 4) is 11.5 Å². The van der Waals surface area contributed by atoms with Gasteiger partial charge in [0, 0.05) is 23.0 Å². The summed E-state index contributed by atoms with van der Waals surface area (Å²) in [5, 5.41) is 11.7. The van der Waals surface area contributed by atoms with Crippen molar-refractivity contribution in [2.45, 2.75) is 11.8 Å². The van der Waals surface area contributed by atoms with Gasteiger partial charge in [0.1, 0.15) is 16.4 Å². The van der Waals surface area contributed by atoms with Gasteiger partial charge in [-0.05, 0) is 72.8 Å². The Morgan fingerprint density at radius 3 is 2.50 bits per heavy atom. The molecular formula is C25H20ClN3O3S2. The molecule has 0 atom stereocenters. The van der Waals surface area contributed by atoms with Crippen LogP contribution in [0, 0.1) is 6.92 Å². The number of hydrogen-bond donors (Lipinski definition) is 1. The maximum Gasteiger partial charge on any atom is 0.274 e. The zero-order valence-electron chi connectivity index (χ0n) is 18.6. The second kappa shape index (κ2) is 8.94. The van der Waals surface area contributed by atoms with E-state index >= 15 is 0 Å². The number of phenols is 1. The number of phenolic OH excluding ortho intramolecular Hbond substituents is 1. The number of hydrogen-bond acceptors (Lipinski definition) is 7. The van der Waals surface area contributed by atoms with E-state index in [1.807, 2.05) is 49.2 Å².